The van der Waals surface area contributed by atoms with Gasteiger partial charge in [-0.1, -0.05) is 12.5 Å². The number of hydrogen-bond donors (Lipinski definition) is 1. The summed E-state index contributed by atoms with van der Waals surface area (Å²) in [6.07, 6.45) is 5.23. The minimum Gasteiger partial charge on any atom is -0.493 e. The lowest BCUT2D eigenvalue weighted by atomic mass is 9.66. The second-order valence-electron chi connectivity index (χ2n) is 7.01. The maximum absolute atomic E-state index is 11.6. The van der Waals surface area contributed by atoms with Crippen molar-refractivity contribution in [2.75, 3.05) is 13.7 Å². The van der Waals surface area contributed by atoms with E-state index in [9.17, 15) is 10.1 Å². The molecule has 5 nitrogen and oxygen atoms in total. The van der Waals surface area contributed by atoms with Crippen LogP contribution < -0.4 is 15.2 Å². The summed E-state index contributed by atoms with van der Waals surface area (Å²) >= 11 is 0. The van der Waals surface area contributed by atoms with Crippen LogP contribution in [0.1, 0.15) is 44.1 Å². The SMILES string of the molecule is COc1ccc([C@@]2(C#N)CCC[C@@H](C(N)=O)C2)cc1OCC1CC1. The molecule has 0 aromatic heterocycles. The van der Waals surface area contributed by atoms with Crippen molar-refractivity contribution in [2.45, 2.75) is 43.9 Å². The molecule has 5 heteroatoms. The van der Waals surface area contributed by atoms with Gasteiger partial charge in [-0.15, -0.1) is 0 Å². The van der Waals surface area contributed by atoms with E-state index in [1.54, 1.807) is 7.11 Å². The molecule has 2 N–H and O–H groups in total. The first-order valence-corrected chi connectivity index (χ1v) is 8.60. The Kier molecular flexibility index (Phi) is 4.66. The van der Waals surface area contributed by atoms with Gasteiger partial charge in [0.2, 0.25) is 5.91 Å². The van der Waals surface area contributed by atoms with Crippen LogP contribution in [0.3, 0.4) is 0 Å². The van der Waals surface area contributed by atoms with Crippen LogP contribution in [0.4, 0.5) is 0 Å². The Morgan fingerprint density at radius 3 is 2.79 bits per heavy atom. The number of methoxy groups -OCH3 is 1. The fourth-order valence-corrected chi connectivity index (χ4v) is 3.53. The van der Waals surface area contributed by atoms with E-state index in [0.29, 0.717) is 30.4 Å². The van der Waals surface area contributed by atoms with Gasteiger partial charge in [-0.2, -0.15) is 5.26 Å². The molecule has 2 aliphatic carbocycles. The average molecular weight is 328 g/mol. The van der Waals surface area contributed by atoms with Crippen molar-refractivity contribution in [2.24, 2.45) is 17.6 Å². The van der Waals surface area contributed by atoms with Crippen LogP contribution in [0.2, 0.25) is 0 Å². The minimum atomic E-state index is -0.679. The van der Waals surface area contributed by atoms with Crippen LogP contribution >= 0.6 is 0 Å². The van der Waals surface area contributed by atoms with E-state index in [-0.39, 0.29) is 11.8 Å². The van der Waals surface area contributed by atoms with Gasteiger partial charge in [0.1, 0.15) is 0 Å². The average Bonchev–Trinajstić information content (AvgIpc) is 3.44. The summed E-state index contributed by atoms with van der Waals surface area (Å²) in [4.78, 5) is 11.6. The van der Waals surface area contributed by atoms with Crippen molar-refractivity contribution < 1.29 is 14.3 Å². The van der Waals surface area contributed by atoms with Crippen molar-refractivity contribution in [3.63, 3.8) is 0 Å². The number of carbonyl (C=O) groups is 1. The predicted octanol–water partition coefficient (Wildman–Crippen LogP) is 2.92. The molecule has 0 heterocycles. The lowest BCUT2D eigenvalue weighted by molar-refractivity contribution is -0.123. The molecule has 2 aliphatic rings. The molecule has 24 heavy (non-hydrogen) atoms. The molecule has 0 spiro atoms. The van der Waals surface area contributed by atoms with E-state index >= 15 is 0 Å². The number of primary amides is 1. The molecule has 1 amide bonds. The quantitative estimate of drug-likeness (QED) is 0.870. The van der Waals surface area contributed by atoms with Crippen molar-refractivity contribution in [1.82, 2.24) is 0 Å². The first-order chi connectivity index (χ1) is 11.6. The van der Waals surface area contributed by atoms with Crippen molar-refractivity contribution in [1.29, 1.82) is 5.26 Å². The van der Waals surface area contributed by atoms with Crippen molar-refractivity contribution in [3.05, 3.63) is 23.8 Å². The monoisotopic (exact) mass is 328 g/mol. The molecular weight excluding hydrogens is 304 g/mol. The van der Waals surface area contributed by atoms with Crippen LogP contribution in [-0.2, 0) is 10.2 Å². The summed E-state index contributed by atoms with van der Waals surface area (Å²) in [6.45, 7) is 0.684. The second-order valence-corrected chi connectivity index (χ2v) is 7.01. The van der Waals surface area contributed by atoms with Crippen molar-refractivity contribution in [3.8, 4) is 17.6 Å². The van der Waals surface area contributed by atoms with Crippen LogP contribution in [0.25, 0.3) is 0 Å². The zero-order valence-electron chi connectivity index (χ0n) is 14.1. The molecule has 128 valence electrons. The van der Waals surface area contributed by atoms with Crippen LogP contribution in [0.5, 0.6) is 11.5 Å². The van der Waals surface area contributed by atoms with Gasteiger partial charge >= 0.3 is 0 Å². The molecule has 0 bridgehead atoms. The van der Waals surface area contributed by atoms with Gasteiger partial charge in [-0.3, -0.25) is 4.79 Å². The number of carbonyl (C=O) groups excluding carboxylic acids is 1. The summed E-state index contributed by atoms with van der Waals surface area (Å²) in [5, 5.41) is 9.87. The topological polar surface area (TPSA) is 85.3 Å². The van der Waals surface area contributed by atoms with E-state index in [0.717, 1.165) is 24.8 Å². The van der Waals surface area contributed by atoms with Gasteiger partial charge < -0.3 is 15.2 Å². The predicted molar refractivity (Wildman–Crippen MR) is 89.7 cm³/mol. The number of benzene rings is 1. The molecule has 2 fully saturated rings. The summed E-state index contributed by atoms with van der Waals surface area (Å²) < 4.78 is 11.3. The van der Waals surface area contributed by atoms with E-state index in [4.69, 9.17) is 15.2 Å². The summed E-state index contributed by atoms with van der Waals surface area (Å²) in [6, 6.07) is 8.13. The molecule has 1 aromatic rings. The molecule has 2 saturated carbocycles. The number of hydrogen-bond acceptors (Lipinski definition) is 4. The highest BCUT2D eigenvalue weighted by Crippen LogP contribution is 2.44. The molecule has 1 aromatic carbocycles. The summed E-state index contributed by atoms with van der Waals surface area (Å²) in [5.74, 6) is 1.44. The zero-order valence-corrected chi connectivity index (χ0v) is 14.1. The largest absolute Gasteiger partial charge is 0.493 e. The van der Waals surface area contributed by atoms with E-state index in [1.807, 2.05) is 18.2 Å². The van der Waals surface area contributed by atoms with Gasteiger partial charge in [0, 0.05) is 5.92 Å². The van der Waals surface area contributed by atoms with Crippen molar-refractivity contribution >= 4 is 5.91 Å². The number of nitriles is 1. The summed E-state index contributed by atoms with van der Waals surface area (Å²) in [5.41, 5.74) is 5.70. The molecular formula is C19H24N2O3. The van der Waals surface area contributed by atoms with Crippen LogP contribution in [0.15, 0.2) is 18.2 Å². The third-order valence-electron chi connectivity index (χ3n) is 5.26. The highest BCUT2D eigenvalue weighted by Gasteiger charge is 2.40. The van der Waals surface area contributed by atoms with Crippen LogP contribution in [-0.4, -0.2) is 19.6 Å². The normalized spacial score (nSPS) is 26.4. The number of nitrogens with zero attached hydrogens (tertiary/aromatic N) is 1. The van der Waals surface area contributed by atoms with E-state index < -0.39 is 5.41 Å². The van der Waals surface area contributed by atoms with E-state index in [2.05, 4.69) is 6.07 Å². The number of ether oxygens (including phenoxy) is 2. The lowest BCUT2D eigenvalue weighted by Crippen LogP contribution is -2.37. The molecule has 0 saturated heterocycles. The van der Waals surface area contributed by atoms with Gasteiger partial charge in [0.15, 0.2) is 11.5 Å². The molecule has 2 atom stereocenters. The third kappa shape index (κ3) is 3.33. The lowest BCUT2D eigenvalue weighted by Gasteiger charge is -2.35. The third-order valence-corrected chi connectivity index (χ3v) is 5.26. The zero-order chi connectivity index (χ0) is 17.2. The highest BCUT2D eigenvalue weighted by atomic mass is 16.5. The maximum atomic E-state index is 11.6. The fraction of sp³-hybridized carbons (Fsp3) is 0.579. The standard InChI is InChI=1S/C19H24N2O3/c1-23-16-7-6-15(9-17(16)24-11-13-4-5-13)19(12-20)8-2-3-14(10-19)18(21)22/h6-7,9,13-14H,2-5,8,10-11H2,1H3,(H2,21,22)/t14-,19+/m1/s1. The smallest absolute Gasteiger partial charge is 0.220 e. The Morgan fingerprint density at radius 2 is 2.17 bits per heavy atom. The maximum Gasteiger partial charge on any atom is 0.220 e. The first kappa shape index (κ1) is 16.6. The molecule has 0 unspecified atom stereocenters. The Morgan fingerprint density at radius 1 is 1.38 bits per heavy atom. The van der Waals surface area contributed by atoms with Gasteiger partial charge in [0.05, 0.1) is 25.2 Å². The Balaban J connectivity index is 1.89. The molecule has 0 aliphatic heterocycles. The number of nitrogens with two attached hydrogens (primary N) is 1. The van der Waals surface area contributed by atoms with Gasteiger partial charge in [-0.25, -0.2) is 0 Å². The molecule has 0 radical (unpaired) electrons. The minimum absolute atomic E-state index is 0.240. The summed E-state index contributed by atoms with van der Waals surface area (Å²) in [7, 11) is 1.61. The Hall–Kier alpha value is -2.22. The van der Waals surface area contributed by atoms with Crippen LogP contribution in [0, 0.1) is 23.2 Å². The number of amides is 1. The molecule has 3 rings (SSSR count). The fourth-order valence-electron chi connectivity index (χ4n) is 3.53. The van der Waals surface area contributed by atoms with E-state index in [1.165, 1.54) is 12.8 Å². The second kappa shape index (κ2) is 6.72. The Labute approximate surface area is 142 Å². The van der Waals surface area contributed by atoms with Gasteiger partial charge in [-0.05, 0) is 55.7 Å². The highest BCUT2D eigenvalue weighted by molar-refractivity contribution is 5.77. The number of rotatable bonds is 6. The van der Waals surface area contributed by atoms with Gasteiger partial charge in [0.25, 0.3) is 0 Å². The Bertz CT molecular complexity index is 663. The first-order valence-electron chi connectivity index (χ1n) is 8.60.